The van der Waals surface area contributed by atoms with Crippen LogP contribution in [0.25, 0.3) is 0 Å². The summed E-state index contributed by atoms with van der Waals surface area (Å²) in [5.41, 5.74) is 3.33. The Morgan fingerprint density at radius 3 is 2.69 bits per heavy atom. The number of amides is 2. The minimum absolute atomic E-state index is 0.140. The molecular formula is C18H20N2O6. The fourth-order valence-electron chi connectivity index (χ4n) is 3.03. The highest BCUT2D eigenvalue weighted by atomic mass is 16.6. The first-order valence-electron chi connectivity index (χ1n) is 8.46. The van der Waals surface area contributed by atoms with Gasteiger partial charge in [-0.15, -0.1) is 0 Å². The third-order valence-corrected chi connectivity index (χ3v) is 4.12. The van der Waals surface area contributed by atoms with E-state index in [4.69, 9.17) is 14.2 Å². The number of hydrogen-bond acceptors (Lipinski definition) is 6. The van der Waals surface area contributed by atoms with E-state index in [0.717, 1.165) is 5.01 Å². The number of carbonyl (C=O) groups excluding carboxylic acids is 3. The van der Waals surface area contributed by atoms with Gasteiger partial charge in [-0.1, -0.05) is 12.1 Å². The summed E-state index contributed by atoms with van der Waals surface area (Å²) < 4.78 is 15.7. The van der Waals surface area contributed by atoms with Crippen molar-refractivity contribution in [2.75, 3.05) is 13.2 Å². The lowest BCUT2D eigenvalue weighted by Gasteiger charge is -2.28. The van der Waals surface area contributed by atoms with Crippen molar-refractivity contribution < 1.29 is 28.6 Å². The van der Waals surface area contributed by atoms with Gasteiger partial charge in [0, 0.05) is 12.0 Å². The molecule has 0 saturated heterocycles. The van der Waals surface area contributed by atoms with Gasteiger partial charge in [-0.3, -0.25) is 4.79 Å². The molecule has 1 heterocycles. The largest absolute Gasteiger partial charge is 0.485 e. The molecular weight excluding hydrogens is 340 g/mol. The topological polar surface area (TPSA) is 94.2 Å². The number of ketones is 1. The predicted octanol–water partition coefficient (Wildman–Crippen LogP) is 2.45. The van der Waals surface area contributed by atoms with Gasteiger partial charge in [0.05, 0.1) is 24.8 Å². The molecule has 1 N–H and O–H groups in total. The summed E-state index contributed by atoms with van der Waals surface area (Å²) in [5, 5.41) is 1.04. The second-order valence-electron chi connectivity index (χ2n) is 5.76. The Balaban J connectivity index is 1.83. The van der Waals surface area contributed by atoms with E-state index < -0.39 is 24.3 Å². The van der Waals surface area contributed by atoms with Crippen LogP contribution in [0.4, 0.5) is 9.59 Å². The lowest BCUT2D eigenvalue weighted by atomic mass is 9.97. The monoisotopic (exact) mass is 360 g/mol. The van der Waals surface area contributed by atoms with Gasteiger partial charge in [-0.25, -0.2) is 20.0 Å². The Hall–Kier alpha value is -3.03. The molecule has 138 valence electrons. The molecule has 2 atom stereocenters. The van der Waals surface area contributed by atoms with Gasteiger partial charge in [0.2, 0.25) is 0 Å². The molecule has 8 nitrogen and oxygen atoms in total. The molecule has 1 aliphatic carbocycles. The van der Waals surface area contributed by atoms with Crippen LogP contribution in [0.1, 0.15) is 30.6 Å². The molecule has 0 saturated carbocycles. The van der Waals surface area contributed by atoms with E-state index in [-0.39, 0.29) is 19.0 Å². The second kappa shape index (κ2) is 7.47. The third kappa shape index (κ3) is 3.35. The molecule has 26 heavy (non-hydrogen) atoms. The first-order valence-corrected chi connectivity index (χ1v) is 8.46. The molecule has 0 aromatic heterocycles. The quantitative estimate of drug-likeness (QED) is 0.832. The van der Waals surface area contributed by atoms with Gasteiger partial charge in [0.15, 0.2) is 5.78 Å². The zero-order chi connectivity index (χ0) is 18.7. The molecule has 2 aliphatic rings. The Morgan fingerprint density at radius 2 is 1.96 bits per heavy atom. The van der Waals surface area contributed by atoms with E-state index in [2.05, 4.69) is 5.43 Å². The zero-order valence-electron chi connectivity index (χ0n) is 14.6. The maximum atomic E-state index is 12.7. The van der Waals surface area contributed by atoms with E-state index in [9.17, 15) is 14.4 Å². The van der Waals surface area contributed by atoms with Crippen LogP contribution in [-0.4, -0.2) is 48.3 Å². The third-order valence-electron chi connectivity index (χ3n) is 4.12. The van der Waals surface area contributed by atoms with Gasteiger partial charge < -0.3 is 14.2 Å². The number of para-hydroxylation sites is 1. The Bertz CT molecular complexity index is 760. The summed E-state index contributed by atoms with van der Waals surface area (Å²) in [4.78, 5) is 36.7. The van der Waals surface area contributed by atoms with Crippen molar-refractivity contribution in [1.29, 1.82) is 0 Å². The highest BCUT2D eigenvalue weighted by Crippen LogP contribution is 2.36. The molecule has 8 heteroatoms. The number of rotatable bonds is 3. The summed E-state index contributed by atoms with van der Waals surface area (Å²) in [6.07, 6.45) is -0.0362. The molecule has 2 amide bonds. The van der Waals surface area contributed by atoms with Crippen LogP contribution in [0.15, 0.2) is 35.9 Å². The summed E-state index contributed by atoms with van der Waals surface area (Å²) in [6.45, 7) is 3.63. The van der Waals surface area contributed by atoms with E-state index >= 15 is 0 Å². The number of carbonyl (C=O) groups is 3. The normalized spacial score (nSPS) is 20.2. The molecule has 0 fully saturated rings. The molecule has 0 spiro atoms. The Morgan fingerprint density at radius 1 is 1.23 bits per heavy atom. The number of hydrazine groups is 1. The van der Waals surface area contributed by atoms with Gasteiger partial charge >= 0.3 is 12.2 Å². The minimum Gasteiger partial charge on any atom is -0.485 e. The standard InChI is InChI=1S/C18H20N2O6/c1-3-24-17(22)19-20(18(23)25-4-2)11-9-13-15(10-11)26-14-8-6-5-7-12(14)16(13)21/h5-9,11,15H,3-4,10H2,1-2H3,(H,19,22)/t11-,15-/m1/s1. The van der Waals surface area contributed by atoms with Crippen LogP contribution >= 0.6 is 0 Å². The maximum absolute atomic E-state index is 12.7. The number of ether oxygens (including phenoxy) is 3. The SMILES string of the molecule is CCOC(=O)NN(C(=O)OCC)[C@@H]1C=C2C(=O)c3ccccc3O[C@@H]2C1. The number of nitrogens with zero attached hydrogens (tertiary/aromatic N) is 1. The average molecular weight is 360 g/mol. The lowest BCUT2D eigenvalue weighted by Crippen LogP contribution is -2.51. The van der Waals surface area contributed by atoms with Gasteiger partial charge in [0.25, 0.3) is 0 Å². The van der Waals surface area contributed by atoms with Crippen molar-refractivity contribution in [3.05, 3.63) is 41.5 Å². The van der Waals surface area contributed by atoms with Crippen LogP contribution in [0, 0.1) is 0 Å². The number of fused-ring (bicyclic) bond motifs is 2. The van der Waals surface area contributed by atoms with Gasteiger partial charge in [-0.05, 0) is 32.1 Å². The Labute approximate surface area is 150 Å². The van der Waals surface area contributed by atoms with Crippen LogP contribution in [-0.2, 0) is 9.47 Å². The van der Waals surface area contributed by atoms with Crippen molar-refractivity contribution in [2.45, 2.75) is 32.4 Å². The molecule has 1 aromatic carbocycles. The molecule has 0 radical (unpaired) electrons. The predicted molar refractivity (Wildman–Crippen MR) is 90.7 cm³/mol. The minimum atomic E-state index is -0.774. The van der Waals surface area contributed by atoms with Crippen LogP contribution in [0.2, 0.25) is 0 Å². The van der Waals surface area contributed by atoms with Gasteiger partial charge in [0.1, 0.15) is 11.9 Å². The molecule has 0 bridgehead atoms. The zero-order valence-corrected chi connectivity index (χ0v) is 14.6. The van der Waals surface area contributed by atoms with Crippen molar-refractivity contribution in [3.8, 4) is 5.75 Å². The van der Waals surface area contributed by atoms with Crippen LogP contribution < -0.4 is 10.2 Å². The van der Waals surface area contributed by atoms with Crippen molar-refractivity contribution in [2.24, 2.45) is 0 Å². The highest BCUT2D eigenvalue weighted by Gasteiger charge is 2.41. The highest BCUT2D eigenvalue weighted by molar-refractivity contribution is 6.12. The van der Waals surface area contributed by atoms with E-state index in [1.54, 1.807) is 44.2 Å². The summed E-state index contributed by atoms with van der Waals surface area (Å²) in [5.74, 6) is 0.376. The smallest absolute Gasteiger partial charge is 0.429 e. The van der Waals surface area contributed by atoms with Gasteiger partial charge in [-0.2, -0.15) is 0 Å². The second-order valence-corrected chi connectivity index (χ2v) is 5.76. The van der Waals surface area contributed by atoms with E-state index in [0.29, 0.717) is 23.3 Å². The summed E-state index contributed by atoms with van der Waals surface area (Å²) in [7, 11) is 0. The summed E-state index contributed by atoms with van der Waals surface area (Å²) in [6, 6.07) is 6.40. The van der Waals surface area contributed by atoms with Crippen LogP contribution in [0.5, 0.6) is 5.75 Å². The first-order chi connectivity index (χ1) is 12.5. The van der Waals surface area contributed by atoms with Crippen molar-refractivity contribution >= 4 is 18.0 Å². The lowest BCUT2D eigenvalue weighted by molar-refractivity contribution is 0.0586. The molecule has 0 unspecified atom stereocenters. The number of hydrogen-bond donors (Lipinski definition) is 1. The molecule has 1 aliphatic heterocycles. The number of Topliss-reactive ketones (excluding diaryl/α,β-unsaturated/α-hetero) is 1. The fourth-order valence-corrected chi connectivity index (χ4v) is 3.03. The van der Waals surface area contributed by atoms with Crippen LogP contribution in [0.3, 0.4) is 0 Å². The first kappa shape index (κ1) is 17.8. The van der Waals surface area contributed by atoms with E-state index in [1.165, 1.54) is 0 Å². The maximum Gasteiger partial charge on any atom is 0.429 e. The average Bonchev–Trinajstić information content (AvgIpc) is 3.04. The van der Waals surface area contributed by atoms with Crippen molar-refractivity contribution in [1.82, 2.24) is 10.4 Å². The van der Waals surface area contributed by atoms with E-state index in [1.807, 2.05) is 0 Å². The molecule has 1 aromatic rings. The fraction of sp³-hybridized carbons (Fsp3) is 0.389. The number of nitrogens with one attached hydrogen (secondary N) is 1. The molecule has 3 rings (SSSR count). The summed E-state index contributed by atoms with van der Waals surface area (Å²) >= 11 is 0. The van der Waals surface area contributed by atoms with Crippen molar-refractivity contribution in [3.63, 3.8) is 0 Å². The Kier molecular flexibility index (Phi) is 5.11. The number of benzene rings is 1.